The molecular formula is C23H26N6O. The first-order valence-electron chi connectivity index (χ1n) is 10.0. The van der Waals surface area contributed by atoms with E-state index in [1.807, 2.05) is 50.0 Å². The Morgan fingerprint density at radius 1 is 1.30 bits per heavy atom. The molecule has 0 saturated carbocycles. The number of benzene rings is 2. The van der Waals surface area contributed by atoms with Gasteiger partial charge in [-0.05, 0) is 42.9 Å². The molecule has 1 amide bonds. The van der Waals surface area contributed by atoms with Gasteiger partial charge in [0.25, 0.3) is 5.91 Å². The van der Waals surface area contributed by atoms with Crippen LogP contribution in [-0.2, 0) is 13.6 Å². The number of nitriles is 1. The van der Waals surface area contributed by atoms with Gasteiger partial charge in [-0.15, -0.1) is 0 Å². The maximum atomic E-state index is 13.3. The van der Waals surface area contributed by atoms with Crippen molar-refractivity contribution < 1.29 is 4.79 Å². The molecule has 2 aromatic carbocycles. The van der Waals surface area contributed by atoms with Gasteiger partial charge in [0.05, 0.1) is 29.3 Å². The van der Waals surface area contributed by atoms with E-state index >= 15 is 0 Å². The third kappa shape index (κ3) is 3.40. The molecule has 7 heteroatoms. The topological polar surface area (TPSA) is 77.2 Å². The summed E-state index contributed by atoms with van der Waals surface area (Å²) >= 11 is 0. The second-order valence-corrected chi connectivity index (χ2v) is 8.08. The Kier molecular flexibility index (Phi) is 5.18. The Morgan fingerprint density at radius 2 is 2.10 bits per heavy atom. The minimum atomic E-state index is -0.231. The van der Waals surface area contributed by atoms with E-state index in [4.69, 9.17) is 0 Å². The van der Waals surface area contributed by atoms with Gasteiger partial charge in [0.2, 0.25) is 0 Å². The molecule has 2 heterocycles. The average Bonchev–Trinajstić information content (AvgIpc) is 3.26. The number of nitrogens with one attached hydrogen (secondary N) is 1. The second-order valence-electron chi connectivity index (χ2n) is 8.08. The largest absolute Gasteiger partial charge is 0.387 e. The van der Waals surface area contributed by atoms with Crippen molar-refractivity contribution in [3.05, 3.63) is 47.7 Å². The Balaban J connectivity index is 1.74. The summed E-state index contributed by atoms with van der Waals surface area (Å²) in [4.78, 5) is 17.1. The SMILES string of the molecule is CNc1ccc(-c2ccc3cnn(C)c3c2)c2c1C(=O)N(CC(C#N)CN(C)C)C2. The number of amides is 1. The van der Waals surface area contributed by atoms with Gasteiger partial charge in [0.15, 0.2) is 0 Å². The van der Waals surface area contributed by atoms with E-state index in [2.05, 4.69) is 40.8 Å². The summed E-state index contributed by atoms with van der Waals surface area (Å²) in [5, 5.41) is 18.1. The fourth-order valence-electron chi connectivity index (χ4n) is 4.26. The Bertz CT molecular complexity index is 1160. The van der Waals surface area contributed by atoms with Crippen molar-refractivity contribution >= 4 is 22.5 Å². The van der Waals surface area contributed by atoms with Crippen molar-refractivity contribution in [3.63, 3.8) is 0 Å². The Hall–Kier alpha value is -3.37. The fraction of sp³-hybridized carbons (Fsp3) is 0.348. The molecule has 0 spiro atoms. The van der Waals surface area contributed by atoms with E-state index in [-0.39, 0.29) is 11.8 Å². The molecule has 1 N–H and O–H groups in total. The highest BCUT2D eigenvalue weighted by Crippen LogP contribution is 2.38. The second kappa shape index (κ2) is 7.81. The number of rotatable bonds is 6. The summed E-state index contributed by atoms with van der Waals surface area (Å²) in [5.41, 5.74) is 5.70. The van der Waals surface area contributed by atoms with Crippen LogP contribution in [0.5, 0.6) is 0 Å². The fourth-order valence-corrected chi connectivity index (χ4v) is 4.26. The molecule has 0 saturated heterocycles. The molecule has 3 aromatic rings. The van der Waals surface area contributed by atoms with Crippen molar-refractivity contribution in [1.29, 1.82) is 5.26 Å². The van der Waals surface area contributed by atoms with Gasteiger partial charge in [-0.25, -0.2) is 0 Å². The highest BCUT2D eigenvalue weighted by atomic mass is 16.2. The van der Waals surface area contributed by atoms with Crippen molar-refractivity contribution in [2.75, 3.05) is 39.5 Å². The maximum Gasteiger partial charge on any atom is 0.256 e. The normalized spacial score (nSPS) is 14.3. The lowest BCUT2D eigenvalue weighted by Gasteiger charge is -2.21. The number of carbonyl (C=O) groups excluding carboxylic acids is 1. The van der Waals surface area contributed by atoms with Gasteiger partial charge >= 0.3 is 0 Å². The molecule has 154 valence electrons. The van der Waals surface area contributed by atoms with Crippen molar-refractivity contribution in [2.24, 2.45) is 13.0 Å². The monoisotopic (exact) mass is 402 g/mol. The summed E-state index contributed by atoms with van der Waals surface area (Å²) in [5.74, 6) is -0.248. The summed E-state index contributed by atoms with van der Waals surface area (Å²) in [7, 11) is 7.64. The summed E-state index contributed by atoms with van der Waals surface area (Å²) in [6.45, 7) is 1.55. The van der Waals surface area contributed by atoms with Crippen LogP contribution >= 0.6 is 0 Å². The molecule has 1 atom stereocenters. The van der Waals surface area contributed by atoms with E-state index in [0.29, 0.717) is 25.2 Å². The van der Waals surface area contributed by atoms with Crippen LogP contribution in [0.25, 0.3) is 22.0 Å². The molecule has 1 aliphatic rings. The predicted molar refractivity (Wildman–Crippen MR) is 118 cm³/mol. The zero-order valence-corrected chi connectivity index (χ0v) is 17.8. The molecule has 0 fully saturated rings. The number of nitrogens with zero attached hydrogens (tertiary/aromatic N) is 5. The molecule has 1 aliphatic heterocycles. The van der Waals surface area contributed by atoms with Crippen LogP contribution in [0.1, 0.15) is 15.9 Å². The molecule has 0 radical (unpaired) electrons. The zero-order valence-electron chi connectivity index (χ0n) is 17.8. The van der Waals surface area contributed by atoms with Crippen LogP contribution in [0.4, 0.5) is 5.69 Å². The number of aromatic nitrogens is 2. The third-order valence-corrected chi connectivity index (χ3v) is 5.70. The van der Waals surface area contributed by atoms with E-state index in [0.717, 1.165) is 33.3 Å². The highest BCUT2D eigenvalue weighted by molar-refractivity contribution is 6.06. The third-order valence-electron chi connectivity index (χ3n) is 5.70. The van der Waals surface area contributed by atoms with Gasteiger partial charge in [-0.2, -0.15) is 10.4 Å². The first-order chi connectivity index (χ1) is 14.4. The molecule has 0 aliphatic carbocycles. The summed E-state index contributed by atoms with van der Waals surface area (Å²) in [6, 6.07) is 12.6. The van der Waals surface area contributed by atoms with Crippen molar-refractivity contribution in [1.82, 2.24) is 19.6 Å². The molecule has 1 unspecified atom stereocenters. The van der Waals surface area contributed by atoms with Gasteiger partial charge in [-0.3, -0.25) is 9.48 Å². The smallest absolute Gasteiger partial charge is 0.256 e. The number of hydrogen-bond donors (Lipinski definition) is 1. The lowest BCUT2D eigenvalue weighted by atomic mass is 9.95. The lowest BCUT2D eigenvalue weighted by molar-refractivity contribution is 0.0758. The Labute approximate surface area is 176 Å². The number of anilines is 1. The van der Waals surface area contributed by atoms with E-state index in [1.54, 1.807) is 4.90 Å². The van der Waals surface area contributed by atoms with Gasteiger partial charge in [0.1, 0.15) is 0 Å². The van der Waals surface area contributed by atoms with Crippen molar-refractivity contribution in [3.8, 4) is 17.2 Å². The number of aryl methyl sites for hydroxylation is 1. The maximum absolute atomic E-state index is 13.3. The molecular weight excluding hydrogens is 376 g/mol. The van der Waals surface area contributed by atoms with E-state index in [1.165, 1.54) is 0 Å². The summed E-state index contributed by atoms with van der Waals surface area (Å²) < 4.78 is 1.86. The minimum Gasteiger partial charge on any atom is -0.387 e. The highest BCUT2D eigenvalue weighted by Gasteiger charge is 2.33. The zero-order chi connectivity index (χ0) is 21.4. The number of carbonyl (C=O) groups is 1. The number of hydrogen-bond acceptors (Lipinski definition) is 5. The molecule has 7 nitrogen and oxygen atoms in total. The van der Waals surface area contributed by atoms with Crippen LogP contribution < -0.4 is 5.32 Å². The standard InChI is InChI=1S/C23H26N6O/c1-25-20-8-7-18(16-5-6-17-11-26-28(4)21(17)9-16)19-14-29(23(30)22(19)20)13-15(10-24)12-27(2)3/h5-9,11,15,25H,12-14H2,1-4H3. The van der Waals surface area contributed by atoms with Crippen LogP contribution in [-0.4, -0.2) is 59.7 Å². The number of fused-ring (bicyclic) bond motifs is 2. The van der Waals surface area contributed by atoms with Crippen LogP contribution in [0, 0.1) is 17.2 Å². The van der Waals surface area contributed by atoms with Gasteiger partial charge in [-0.1, -0.05) is 18.2 Å². The first-order valence-corrected chi connectivity index (χ1v) is 10.0. The van der Waals surface area contributed by atoms with Crippen molar-refractivity contribution in [2.45, 2.75) is 6.54 Å². The first kappa shape index (κ1) is 19.9. The lowest BCUT2D eigenvalue weighted by Crippen LogP contribution is -2.34. The average molecular weight is 403 g/mol. The molecule has 30 heavy (non-hydrogen) atoms. The predicted octanol–water partition coefficient (Wildman–Crippen LogP) is 2.94. The van der Waals surface area contributed by atoms with E-state index < -0.39 is 0 Å². The van der Waals surface area contributed by atoms with Gasteiger partial charge < -0.3 is 15.1 Å². The van der Waals surface area contributed by atoms with E-state index in [9.17, 15) is 10.1 Å². The van der Waals surface area contributed by atoms with Crippen LogP contribution in [0.15, 0.2) is 36.5 Å². The molecule has 4 rings (SSSR count). The summed E-state index contributed by atoms with van der Waals surface area (Å²) in [6.07, 6.45) is 1.85. The minimum absolute atomic E-state index is 0.0168. The molecule has 1 aromatic heterocycles. The quantitative estimate of drug-likeness (QED) is 0.686. The van der Waals surface area contributed by atoms with Crippen LogP contribution in [0.2, 0.25) is 0 Å². The van der Waals surface area contributed by atoms with Crippen LogP contribution in [0.3, 0.4) is 0 Å². The van der Waals surface area contributed by atoms with Gasteiger partial charge in [0, 0.05) is 44.8 Å². The molecule has 0 bridgehead atoms. The Morgan fingerprint density at radius 3 is 2.80 bits per heavy atom.